The number of hydrogen-bond acceptors (Lipinski definition) is 4. The van der Waals surface area contributed by atoms with Crippen molar-refractivity contribution in [3.05, 3.63) is 29.6 Å². The Labute approximate surface area is 130 Å². The van der Waals surface area contributed by atoms with Crippen LogP contribution >= 0.6 is 0 Å². The molecule has 0 heterocycles. The minimum Gasteiger partial charge on any atom is -0.468 e. The first-order valence-corrected chi connectivity index (χ1v) is 7.85. The van der Waals surface area contributed by atoms with Crippen LogP contribution in [-0.2, 0) is 25.7 Å². The van der Waals surface area contributed by atoms with Gasteiger partial charge in [0.05, 0.1) is 12.7 Å². The van der Waals surface area contributed by atoms with Crippen molar-refractivity contribution < 1.29 is 35.5 Å². The van der Waals surface area contributed by atoms with Gasteiger partial charge in [0.15, 0.2) is 0 Å². The zero-order valence-electron chi connectivity index (χ0n) is 12.5. The minimum atomic E-state index is -4.84. The maximum atomic E-state index is 13.7. The number of ether oxygens (including phenoxy) is 1. The van der Waals surface area contributed by atoms with Crippen LogP contribution in [0.3, 0.4) is 0 Å². The van der Waals surface area contributed by atoms with E-state index in [2.05, 4.69) is 4.74 Å². The lowest BCUT2D eigenvalue weighted by molar-refractivity contribution is -0.147. The summed E-state index contributed by atoms with van der Waals surface area (Å²) >= 11 is 0. The number of hydrogen-bond donors (Lipinski definition) is 1. The molecule has 23 heavy (non-hydrogen) atoms. The van der Waals surface area contributed by atoms with Crippen molar-refractivity contribution in [2.24, 2.45) is 0 Å². The molecule has 1 N–H and O–H groups in total. The third-order valence-electron chi connectivity index (χ3n) is 3.25. The van der Waals surface area contributed by atoms with Crippen LogP contribution in [0.15, 0.2) is 23.1 Å². The topological polar surface area (TPSA) is 72.5 Å². The van der Waals surface area contributed by atoms with Crippen molar-refractivity contribution in [3.63, 3.8) is 0 Å². The molecule has 5 nitrogen and oxygen atoms in total. The lowest BCUT2D eigenvalue weighted by atomic mass is 10.0. The Morgan fingerprint density at radius 3 is 2.30 bits per heavy atom. The number of halogens is 4. The fourth-order valence-electron chi connectivity index (χ4n) is 1.72. The number of nitrogens with one attached hydrogen (secondary N) is 1. The zero-order chi connectivity index (χ0) is 18.1. The van der Waals surface area contributed by atoms with Gasteiger partial charge in [-0.25, -0.2) is 12.8 Å². The van der Waals surface area contributed by atoms with E-state index in [0.29, 0.717) is 12.1 Å². The molecule has 0 saturated heterocycles. The van der Waals surface area contributed by atoms with Crippen LogP contribution in [0.1, 0.15) is 25.8 Å². The Kier molecular flexibility index (Phi) is 5.42. The Morgan fingerprint density at radius 1 is 1.30 bits per heavy atom. The van der Waals surface area contributed by atoms with Gasteiger partial charge in [0.25, 0.3) is 0 Å². The molecule has 0 saturated carbocycles. The fourth-order valence-corrected chi connectivity index (χ4v) is 3.26. The SMILES string of the molecule is CCC(C)(NS(=O)(=O)c1cc(C(F)(F)F)ccc1F)C(=O)OC. The molecule has 1 aromatic carbocycles. The van der Waals surface area contributed by atoms with Gasteiger partial charge in [0, 0.05) is 0 Å². The third-order valence-corrected chi connectivity index (χ3v) is 4.86. The predicted octanol–water partition coefficient (Wildman–Crippen LogP) is 2.46. The van der Waals surface area contributed by atoms with E-state index in [1.165, 1.54) is 13.8 Å². The summed E-state index contributed by atoms with van der Waals surface area (Å²) in [6.45, 7) is 2.64. The highest BCUT2D eigenvalue weighted by atomic mass is 32.2. The van der Waals surface area contributed by atoms with Gasteiger partial charge in [-0.1, -0.05) is 6.92 Å². The van der Waals surface area contributed by atoms with Crippen molar-refractivity contribution in [2.45, 2.75) is 36.9 Å². The van der Waals surface area contributed by atoms with E-state index < -0.39 is 44.0 Å². The standard InChI is InChI=1S/C13H15F4NO4S/c1-4-12(2,11(19)22-3)18-23(20,21)10-7-8(13(15,16)17)5-6-9(10)14/h5-7,18H,4H2,1-3H3. The first kappa shape index (κ1) is 19.4. The highest BCUT2D eigenvalue weighted by Gasteiger charge is 2.39. The van der Waals surface area contributed by atoms with Gasteiger partial charge in [-0.15, -0.1) is 0 Å². The van der Waals surface area contributed by atoms with Crippen LogP contribution in [0.4, 0.5) is 17.6 Å². The molecule has 1 unspecified atom stereocenters. The normalized spacial score (nSPS) is 15.1. The number of sulfonamides is 1. The Hall–Kier alpha value is -1.68. The lowest BCUT2D eigenvalue weighted by Crippen LogP contribution is -2.52. The van der Waals surface area contributed by atoms with Gasteiger partial charge in [-0.2, -0.15) is 17.9 Å². The van der Waals surface area contributed by atoms with Gasteiger partial charge < -0.3 is 4.74 Å². The van der Waals surface area contributed by atoms with Gasteiger partial charge in [-0.3, -0.25) is 4.79 Å². The average Bonchev–Trinajstić information content (AvgIpc) is 2.44. The summed E-state index contributed by atoms with van der Waals surface area (Å²) in [5, 5.41) is 0. The summed E-state index contributed by atoms with van der Waals surface area (Å²) in [5.41, 5.74) is -3.07. The maximum absolute atomic E-state index is 13.7. The number of benzene rings is 1. The quantitative estimate of drug-likeness (QED) is 0.649. The number of carbonyl (C=O) groups excluding carboxylic acids is 1. The summed E-state index contributed by atoms with van der Waals surface area (Å²) in [5.74, 6) is -2.32. The molecule has 1 rings (SSSR count). The number of esters is 1. The van der Waals surface area contributed by atoms with Gasteiger partial charge in [0.2, 0.25) is 10.0 Å². The monoisotopic (exact) mass is 357 g/mol. The van der Waals surface area contributed by atoms with E-state index >= 15 is 0 Å². The second kappa shape index (κ2) is 6.44. The van der Waals surface area contributed by atoms with E-state index in [0.717, 1.165) is 7.11 Å². The summed E-state index contributed by atoms with van der Waals surface area (Å²) in [4.78, 5) is 10.5. The largest absolute Gasteiger partial charge is 0.468 e. The van der Waals surface area contributed by atoms with E-state index in [9.17, 15) is 30.8 Å². The molecular formula is C13H15F4NO4S. The van der Waals surface area contributed by atoms with Gasteiger partial charge in [-0.05, 0) is 31.5 Å². The third kappa shape index (κ3) is 4.20. The van der Waals surface area contributed by atoms with Crippen LogP contribution in [0.25, 0.3) is 0 Å². The predicted molar refractivity (Wildman–Crippen MR) is 72.4 cm³/mol. The minimum absolute atomic E-state index is 0.0561. The van der Waals surface area contributed by atoms with Crippen molar-refractivity contribution in [1.29, 1.82) is 0 Å². The molecule has 0 radical (unpaired) electrons. The summed E-state index contributed by atoms with van der Waals surface area (Å²) < 4.78 is 82.5. The first-order valence-electron chi connectivity index (χ1n) is 6.36. The molecular weight excluding hydrogens is 342 g/mol. The summed E-state index contributed by atoms with van der Waals surface area (Å²) in [7, 11) is -3.70. The van der Waals surface area contributed by atoms with Crippen molar-refractivity contribution in [2.75, 3.05) is 7.11 Å². The highest BCUT2D eigenvalue weighted by molar-refractivity contribution is 7.89. The number of carbonyl (C=O) groups is 1. The molecule has 0 spiro atoms. The van der Waals surface area contributed by atoms with Crippen LogP contribution in [0.5, 0.6) is 0 Å². The molecule has 0 amide bonds. The van der Waals surface area contributed by atoms with Gasteiger partial charge >= 0.3 is 12.1 Å². The van der Waals surface area contributed by atoms with Crippen LogP contribution < -0.4 is 4.72 Å². The number of rotatable bonds is 5. The summed E-state index contributed by atoms with van der Waals surface area (Å²) in [6, 6.07) is 0.998. The molecule has 0 aliphatic heterocycles. The first-order chi connectivity index (χ1) is 10.4. The molecule has 1 atom stereocenters. The van der Waals surface area contributed by atoms with Crippen LogP contribution in [0, 0.1) is 5.82 Å². The van der Waals surface area contributed by atoms with Gasteiger partial charge in [0.1, 0.15) is 16.3 Å². The zero-order valence-corrected chi connectivity index (χ0v) is 13.3. The van der Waals surface area contributed by atoms with E-state index in [1.807, 2.05) is 4.72 Å². The highest BCUT2D eigenvalue weighted by Crippen LogP contribution is 2.32. The number of methoxy groups -OCH3 is 1. The second-order valence-corrected chi connectivity index (χ2v) is 6.58. The molecule has 1 aromatic rings. The Balaban J connectivity index is 3.36. The van der Waals surface area contributed by atoms with Crippen molar-refractivity contribution in [1.82, 2.24) is 4.72 Å². The Morgan fingerprint density at radius 2 is 1.87 bits per heavy atom. The van der Waals surface area contributed by atoms with E-state index in [4.69, 9.17) is 0 Å². The summed E-state index contributed by atoms with van der Waals surface area (Å²) in [6.07, 6.45) is -4.89. The van der Waals surface area contributed by atoms with E-state index in [1.54, 1.807) is 0 Å². The molecule has 0 fully saturated rings. The van der Waals surface area contributed by atoms with Crippen molar-refractivity contribution in [3.8, 4) is 0 Å². The molecule has 10 heteroatoms. The van der Waals surface area contributed by atoms with Crippen LogP contribution in [-0.4, -0.2) is 27.0 Å². The lowest BCUT2D eigenvalue weighted by Gasteiger charge is -2.26. The smallest absolute Gasteiger partial charge is 0.416 e. The maximum Gasteiger partial charge on any atom is 0.416 e. The molecule has 0 aliphatic rings. The second-order valence-electron chi connectivity index (χ2n) is 4.93. The van der Waals surface area contributed by atoms with E-state index in [-0.39, 0.29) is 12.5 Å². The molecule has 0 aromatic heterocycles. The Bertz CT molecular complexity index is 702. The molecule has 0 aliphatic carbocycles. The number of alkyl halides is 3. The fraction of sp³-hybridized carbons (Fsp3) is 0.462. The average molecular weight is 357 g/mol. The van der Waals surface area contributed by atoms with Crippen LogP contribution in [0.2, 0.25) is 0 Å². The molecule has 130 valence electrons. The van der Waals surface area contributed by atoms with Crippen molar-refractivity contribution >= 4 is 16.0 Å². The molecule has 0 bridgehead atoms.